The summed E-state index contributed by atoms with van der Waals surface area (Å²) in [7, 11) is 0. The summed E-state index contributed by atoms with van der Waals surface area (Å²) in [6.07, 6.45) is -0.925. The molecule has 2 bridgehead atoms. The summed E-state index contributed by atoms with van der Waals surface area (Å²) < 4.78 is 27.7. The fraction of sp³-hybridized carbons (Fsp3) is 0.581. The predicted octanol–water partition coefficient (Wildman–Crippen LogP) is -0.649. The van der Waals surface area contributed by atoms with Crippen LogP contribution in [0, 0.1) is 10.8 Å². The summed E-state index contributed by atoms with van der Waals surface area (Å²) >= 11 is 0. The molecule has 1 aromatic carbocycles. The van der Waals surface area contributed by atoms with Gasteiger partial charge in [0, 0.05) is 37.4 Å². The van der Waals surface area contributed by atoms with Crippen molar-refractivity contribution in [1.29, 1.82) is 0 Å². The molecule has 2 amide bonds. The number of hydrogen-bond acceptors (Lipinski definition) is 13. The molecule has 7 atom stereocenters. The van der Waals surface area contributed by atoms with Crippen molar-refractivity contribution in [3.05, 3.63) is 41.5 Å². The van der Waals surface area contributed by atoms with Gasteiger partial charge in [-0.15, -0.1) is 0 Å². The topological polar surface area (TPSA) is 188 Å². The van der Waals surface area contributed by atoms with E-state index < -0.39 is 71.2 Å². The lowest BCUT2D eigenvalue weighted by Crippen LogP contribution is -2.69. The number of hydrogen-bond donors (Lipinski definition) is 3. The van der Waals surface area contributed by atoms with Crippen LogP contribution in [0.5, 0.6) is 0 Å². The monoisotopic (exact) mass is 643 g/mol. The lowest BCUT2D eigenvalue weighted by atomic mass is 9.62. The number of cyclic esters (lactones) is 1. The third-order valence-electron chi connectivity index (χ3n) is 9.01. The summed E-state index contributed by atoms with van der Waals surface area (Å²) in [5.74, 6) is -2.70. The number of aliphatic hydroxyl groups excluding tert-OH is 1. The molecular formula is C31H37N3O12. The predicted molar refractivity (Wildman–Crippen MR) is 154 cm³/mol. The first kappa shape index (κ1) is 32.1. The Morgan fingerprint density at radius 3 is 2.67 bits per heavy atom. The van der Waals surface area contributed by atoms with E-state index in [2.05, 4.69) is 10.6 Å². The largest absolute Gasteiger partial charge is 0.462 e. The molecule has 5 fully saturated rings. The maximum absolute atomic E-state index is 13.9. The number of fused-ring (bicyclic) bond motifs is 4. The molecule has 0 unspecified atom stereocenters. The normalized spacial score (nSPS) is 32.5. The number of aliphatic hydroxyl groups is 1. The smallest absolute Gasteiger partial charge is 0.348 e. The van der Waals surface area contributed by atoms with Gasteiger partial charge in [-0.1, -0.05) is 38.1 Å². The molecule has 248 valence electrons. The van der Waals surface area contributed by atoms with Gasteiger partial charge in [-0.2, -0.15) is 5.06 Å². The van der Waals surface area contributed by atoms with Crippen LogP contribution in [0.1, 0.15) is 37.8 Å². The number of nitrogens with one attached hydrogen (secondary N) is 2. The molecule has 0 spiro atoms. The third kappa shape index (κ3) is 5.88. The standard InChI is InChI=1S/C31H37N3O12/c1-30(2)15-41-28(39)26(30)45-21(37)7-6-17-4-3-5-18(12-17)14-34-24-27(38)44-19-13-31(24,25(46-34)23-22(19)42-16-43-23)29(40)33-9-8-20(36)32-10-11-35/h3-7,12,19,22-26,35H,8-11,13-16H2,1-2H3,(H,32,36)(H,33,40)/t19-,22+,23+,24+,25-,26+,31+/m1/s1. The molecule has 1 aliphatic carbocycles. The first-order valence-corrected chi connectivity index (χ1v) is 15.2. The molecule has 5 aliphatic rings. The average molecular weight is 644 g/mol. The summed E-state index contributed by atoms with van der Waals surface area (Å²) in [6, 6.07) is 6.03. The Morgan fingerprint density at radius 1 is 1.11 bits per heavy atom. The van der Waals surface area contributed by atoms with Crippen molar-refractivity contribution in [2.75, 3.05) is 33.1 Å². The highest BCUT2D eigenvalue weighted by Gasteiger charge is 2.74. The van der Waals surface area contributed by atoms with Gasteiger partial charge in [0.1, 0.15) is 43.2 Å². The van der Waals surface area contributed by atoms with Crippen LogP contribution in [0.3, 0.4) is 0 Å². The second-order valence-corrected chi connectivity index (χ2v) is 12.7. The number of hydroxylamine groups is 2. The number of rotatable bonds is 11. The van der Waals surface area contributed by atoms with Gasteiger partial charge < -0.3 is 39.4 Å². The minimum absolute atomic E-state index is 0.0126. The van der Waals surface area contributed by atoms with E-state index in [0.717, 1.165) is 0 Å². The zero-order chi connectivity index (χ0) is 32.6. The molecule has 15 heteroatoms. The molecule has 3 N–H and O–H groups in total. The van der Waals surface area contributed by atoms with Gasteiger partial charge in [0.15, 0.2) is 6.04 Å². The van der Waals surface area contributed by atoms with Crippen molar-refractivity contribution in [2.24, 2.45) is 10.8 Å². The SMILES string of the molecule is CC1(C)COC(=O)[C@@H]1OC(=O)C=Cc1cccc(CN2O[C@@H]3[C@H]4OCO[C@H]4[C@H]4C[C@]3(C(=O)NCCC(=O)NCCO)[C@@H]2C(=O)O4)c1. The zero-order valence-electron chi connectivity index (χ0n) is 25.5. The molecule has 15 nitrogen and oxygen atoms in total. The van der Waals surface area contributed by atoms with Crippen LogP contribution >= 0.6 is 0 Å². The van der Waals surface area contributed by atoms with Crippen LogP contribution in [-0.2, 0) is 59.0 Å². The van der Waals surface area contributed by atoms with E-state index >= 15 is 0 Å². The maximum atomic E-state index is 13.9. The minimum atomic E-state index is -1.37. The summed E-state index contributed by atoms with van der Waals surface area (Å²) in [6.45, 7) is 3.69. The quantitative estimate of drug-likeness (QED) is 0.157. The molecule has 1 aromatic rings. The van der Waals surface area contributed by atoms with Crippen LogP contribution in [-0.4, -0.2) is 110 Å². The molecule has 4 aliphatic heterocycles. The van der Waals surface area contributed by atoms with E-state index in [1.165, 1.54) is 11.1 Å². The van der Waals surface area contributed by atoms with Gasteiger partial charge in [0.25, 0.3) is 0 Å². The molecule has 4 saturated heterocycles. The van der Waals surface area contributed by atoms with Crippen LogP contribution in [0.25, 0.3) is 6.08 Å². The van der Waals surface area contributed by atoms with E-state index in [1.54, 1.807) is 38.1 Å². The van der Waals surface area contributed by atoms with E-state index in [-0.39, 0.29) is 58.4 Å². The number of carbonyl (C=O) groups excluding carboxylic acids is 5. The Hall–Kier alpha value is -3.89. The van der Waals surface area contributed by atoms with E-state index in [1.807, 2.05) is 6.07 Å². The van der Waals surface area contributed by atoms with Crippen molar-refractivity contribution >= 4 is 35.8 Å². The average Bonchev–Trinajstić information content (AvgIpc) is 3.71. The number of amides is 2. The second kappa shape index (κ2) is 12.7. The molecule has 0 radical (unpaired) electrons. The summed E-state index contributed by atoms with van der Waals surface area (Å²) in [4.78, 5) is 70.3. The summed E-state index contributed by atoms with van der Waals surface area (Å²) in [5, 5.41) is 15.7. The minimum Gasteiger partial charge on any atom is -0.462 e. The third-order valence-corrected chi connectivity index (χ3v) is 9.01. The number of carbonyl (C=O) groups is 5. The Morgan fingerprint density at radius 2 is 1.91 bits per heavy atom. The Labute approximate surface area is 264 Å². The molecule has 1 saturated carbocycles. The molecule has 46 heavy (non-hydrogen) atoms. The lowest BCUT2D eigenvalue weighted by molar-refractivity contribution is -0.201. The van der Waals surface area contributed by atoms with Crippen LogP contribution in [0.15, 0.2) is 30.3 Å². The fourth-order valence-corrected chi connectivity index (χ4v) is 6.80. The van der Waals surface area contributed by atoms with Crippen molar-refractivity contribution in [3.63, 3.8) is 0 Å². The second-order valence-electron chi connectivity index (χ2n) is 12.7. The summed E-state index contributed by atoms with van der Waals surface area (Å²) in [5.41, 5.74) is -0.648. The Kier molecular flexibility index (Phi) is 8.87. The van der Waals surface area contributed by atoms with Gasteiger partial charge in [-0.25, -0.2) is 9.59 Å². The first-order valence-electron chi connectivity index (χ1n) is 15.2. The van der Waals surface area contributed by atoms with Crippen molar-refractivity contribution < 1.29 is 57.6 Å². The van der Waals surface area contributed by atoms with E-state index in [0.29, 0.717) is 11.1 Å². The molecule has 0 aromatic heterocycles. The maximum Gasteiger partial charge on any atom is 0.348 e. The lowest BCUT2D eigenvalue weighted by Gasteiger charge is -2.48. The van der Waals surface area contributed by atoms with E-state index in [9.17, 15) is 24.0 Å². The van der Waals surface area contributed by atoms with Gasteiger partial charge in [-0.3, -0.25) is 19.2 Å². The van der Waals surface area contributed by atoms with Gasteiger partial charge in [-0.05, 0) is 17.2 Å². The van der Waals surface area contributed by atoms with Crippen LogP contribution < -0.4 is 10.6 Å². The highest BCUT2D eigenvalue weighted by Crippen LogP contribution is 2.55. The highest BCUT2D eigenvalue weighted by atomic mass is 16.8. The number of ether oxygens (including phenoxy) is 5. The van der Waals surface area contributed by atoms with Gasteiger partial charge in [0.05, 0.1) is 13.2 Å². The number of nitrogens with zero attached hydrogens (tertiary/aromatic N) is 1. The first-order chi connectivity index (χ1) is 22.0. The molecule has 6 rings (SSSR count). The van der Waals surface area contributed by atoms with Gasteiger partial charge >= 0.3 is 17.9 Å². The Bertz CT molecular complexity index is 1430. The van der Waals surface area contributed by atoms with Crippen molar-refractivity contribution in [2.45, 2.75) is 69.8 Å². The highest BCUT2D eigenvalue weighted by molar-refractivity contribution is 5.94. The van der Waals surface area contributed by atoms with Crippen molar-refractivity contribution in [3.8, 4) is 0 Å². The van der Waals surface area contributed by atoms with Crippen LogP contribution in [0.2, 0.25) is 0 Å². The molecular weight excluding hydrogens is 606 g/mol. The van der Waals surface area contributed by atoms with Crippen LogP contribution in [0.4, 0.5) is 0 Å². The van der Waals surface area contributed by atoms with E-state index in [4.69, 9.17) is 33.6 Å². The fourth-order valence-electron chi connectivity index (χ4n) is 6.80. The zero-order valence-corrected chi connectivity index (χ0v) is 25.5. The number of esters is 3. The number of benzene rings is 1. The molecule has 4 heterocycles. The van der Waals surface area contributed by atoms with Crippen molar-refractivity contribution in [1.82, 2.24) is 15.7 Å². The Balaban J connectivity index is 1.18. The van der Waals surface area contributed by atoms with Gasteiger partial charge in [0.2, 0.25) is 17.9 Å².